The van der Waals surface area contributed by atoms with Crippen LogP contribution in [0.4, 0.5) is 5.69 Å². The number of oxazole rings is 1. The summed E-state index contributed by atoms with van der Waals surface area (Å²) in [5, 5.41) is 5.82. The van der Waals surface area contributed by atoms with Crippen LogP contribution in [0.3, 0.4) is 0 Å². The molecule has 33 heavy (non-hydrogen) atoms. The molecule has 0 spiro atoms. The van der Waals surface area contributed by atoms with Gasteiger partial charge in [0.1, 0.15) is 11.3 Å². The molecule has 1 aromatic heterocycles. The number of amides is 1. The number of fused-ring (bicyclic) bond motifs is 1. The number of anilines is 1. The molecule has 0 saturated carbocycles. The van der Waals surface area contributed by atoms with Gasteiger partial charge in [-0.25, -0.2) is 4.98 Å². The van der Waals surface area contributed by atoms with E-state index in [2.05, 4.69) is 41.6 Å². The molecule has 6 nitrogen and oxygen atoms in total. The molecule has 4 aromatic rings. The quantitative estimate of drug-likeness (QED) is 0.335. The Hall–Kier alpha value is -3.71. The maximum atomic E-state index is 12.1. The van der Waals surface area contributed by atoms with Crippen molar-refractivity contribution in [3.8, 4) is 17.2 Å². The third-order valence-corrected chi connectivity index (χ3v) is 5.53. The summed E-state index contributed by atoms with van der Waals surface area (Å²) in [4.78, 5) is 16.8. The summed E-state index contributed by atoms with van der Waals surface area (Å²) in [6.07, 6.45) is 1.07. The summed E-state index contributed by atoms with van der Waals surface area (Å²) in [7, 11) is 0. The Balaban J connectivity index is 1.40. The number of benzene rings is 3. The molecule has 1 unspecified atom stereocenters. The van der Waals surface area contributed by atoms with E-state index in [-0.39, 0.29) is 17.6 Å². The van der Waals surface area contributed by atoms with Crippen LogP contribution in [0.1, 0.15) is 31.7 Å². The Bertz CT molecular complexity index is 1270. The maximum absolute atomic E-state index is 12.1. The second kappa shape index (κ2) is 10.3. The first-order valence-corrected chi connectivity index (χ1v) is 11.2. The van der Waals surface area contributed by atoms with Crippen LogP contribution in [-0.2, 0) is 4.79 Å². The van der Waals surface area contributed by atoms with Crippen LogP contribution in [0.25, 0.3) is 22.6 Å². The fourth-order valence-corrected chi connectivity index (χ4v) is 3.56. The fraction of sp³-hybridized carbons (Fsp3) is 0.192. The van der Waals surface area contributed by atoms with Crippen LogP contribution in [0.5, 0.6) is 5.75 Å². The van der Waals surface area contributed by atoms with Gasteiger partial charge in [-0.2, -0.15) is 0 Å². The van der Waals surface area contributed by atoms with Crippen molar-refractivity contribution in [2.75, 3.05) is 11.9 Å². The topological polar surface area (TPSA) is 76.4 Å². The molecule has 1 atom stereocenters. The van der Waals surface area contributed by atoms with Gasteiger partial charge in [0.25, 0.3) is 5.91 Å². The predicted molar refractivity (Wildman–Crippen MR) is 134 cm³/mol. The highest BCUT2D eigenvalue weighted by atomic mass is 32.1. The average Bonchev–Trinajstić information content (AvgIpc) is 3.26. The molecule has 0 fully saturated rings. The standard InChI is InChI=1S/C26H25N3O3S/c1-3-17(2)18-12-13-23-22(15-18)28-25(32-23)19-8-7-9-20(14-19)27-26(33)29-24(30)16-31-21-10-5-4-6-11-21/h4-15,17H,3,16H2,1-2H3,(H2,27,29,30,33). The van der Waals surface area contributed by atoms with Crippen LogP contribution in [-0.4, -0.2) is 22.6 Å². The molecule has 1 amide bonds. The van der Waals surface area contributed by atoms with Gasteiger partial charge in [-0.05, 0) is 72.6 Å². The highest BCUT2D eigenvalue weighted by molar-refractivity contribution is 7.80. The molecule has 0 aliphatic carbocycles. The lowest BCUT2D eigenvalue weighted by Gasteiger charge is -2.11. The molecule has 0 aliphatic rings. The third-order valence-electron chi connectivity index (χ3n) is 5.33. The highest BCUT2D eigenvalue weighted by Crippen LogP contribution is 2.29. The number of nitrogens with one attached hydrogen (secondary N) is 2. The van der Waals surface area contributed by atoms with E-state index >= 15 is 0 Å². The molecule has 0 bridgehead atoms. The normalized spacial score (nSPS) is 11.7. The molecule has 2 N–H and O–H groups in total. The van der Waals surface area contributed by atoms with E-state index in [1.165, 1.54) is 5.56 Å². The zero-order valence-corrected chi connectivity index (χ0v) is 19.3. The van der Waals surface area contributed by atoms with Gasteiger partial charge in [-0.3, -0.25) is 10.1 Å². The molecule has 7 heteroatoms. The third kappa shape index (κ3) is 5.75. The van der Waals surface area contributed by atoms with Crippen LogP contribution >= 0.6 is 12.2 Å². The summed E-state index contributed by atoms with van der Waals surface area (Å²) < 4.78 is 11.4. The molecule has 168 valence electrons. The van der Waals surface area contributed by atoms with Gasteiger partial charge in [0.15, 0.2) is 17.3 Å². The number of hydrogen-bond acceptors (Lipinski definition) is 5. The van der Waals surface area contributed by atoms with E-state index in [9.17, 15) is 4.79 Å². The van der Waals surface area contributed by atoms with Gasteiger partial charge in [0.05, 0.1) is 0 Å². The van der Waals surface area contributed by atoms with Crippen molar-refractivity contribution in [1.29, 1.82) is 0 Å². The van der Waals surface area contributed by atoms with Gasteiger partial charge in [0, 0.05) is 11.3 Å². The number of aromatic nitrogens is 1. The average molecular weight is 460 g/mol. The van der Waals surface area contributed by atoms with Gasteiger partial charge in [0.2, 0.25) is 5.89 Å². The Labute approximate surface area is 198 Å². The number of rotatable bonds is 7. The van der Waals surface area contributed by atoms with Crippen molar-refractivity contribution in [2.45, 2.75) is 26.2 Å². The fourth-order valence-electron chi connectivity index (χ4n) is 3.33. The Morgan fingerprint density at radius 3 is 2.70 bits per heavy atom. The number of nitrogens with zero attached hydrogens (tertiary/aromatic N) is 1. The van der Waals surface area contributed by atoms with Crippen molar-refractivity contribution in [3.63, 3.8) is 0 Å². The van der Waals surface area contributed by atoms with E-state index < -0.39 is 0 Å². The lowest BCUT2D eigenvalue weighted by atomic mass is 9.98. The Morgan fingerprint density at radius 2 is 1.91 bits per heavy atom. The summed E-state index contributed by atoms with van der Waals surface area (Å²) in [6, 6.07) is 22.8. The zero-order valence-electron chi connectivity index (χ0n) is 18.5. The lowest BCUT2D eigenvalue weighted by Crippen LogP contribution is -2.37. The van der Waals surface area contributed by atoms with E-state index in [0.29, 0.717) is 23.2 Å². The van der Waals surface area contributed by atoms with Crippen molar-refractivity contribution in [3.05, 3.63) is 78.4 Å². The molecule has 0 aliphatic heterocycles. The number of carbonyl (C=O) groups excluding carboxylic acids is 1. The maximum Gasteiger partial charge on any atom is 0.264 e. The molecule has 0 saturated heterocycles. The molecule has 1 heterocycles. The SMILES string of the molecule is CCC(C)c1ccc2oc(-c3cccc(NC(=S)NC(=O)COc4ccccc4)c3)nc2c1. The minimum absolute atomic E-state index is 0.132. The second-order valence-corrected chi connectivity index (χ2v) is 8.15. The van der Waals surface area contributed by atoms with Crippen molar-refractivity contribution >= 4 is 40.0 Å². The van der Waals surface area contributed by atoms with Crippen LogP contribution in [0.2, 0.25) is 0 Å². The summed E-state index contributed by atoms with van der Waals surface area (Å²) in [6.45, 7) is 4.24. The van der Waals surface area contributed by atoms with Crippen LogP contribution in [0.15, 0.2) is 77.2 Å². The van der Waals surface area contributed by atoms with Gasteiger partial charge in [-0.1, -0.05) is 44.2 Å². The summed E-state index contributed by atoms with van der Waals surface area (Å²) in [5.41, 5.74) is 4.35. The first kappa shape index (κ1) is 22.5. The minimum atomic E-state index is -0.344. The monoisotopic (exact) mass is 459 g/mol. The summed E-state index contributed by atoms with van der Waals surface area (Å²) in [5.74, 6) is 1.27. The molecule has 0 radical (unpaired) electrons. The van der Waals surface area contributed by atoms with Crippen molar-refractivity contribution < 1.29 is 13.9 Å². The zero-order chi connectivity index (χ0) is 23.2. The lowest BCUT2D eigenvalue weighted by molar-refractivity contribution is -0.121. The summed E-state index contributed by atoms with van der Waals surface area (Å²) >= 11 is 5.27. The van der Waals surface area contributed by atoms with Gasteiger partial charge < -0.3 is 14.5 Å². The Kier molecular flexibility index (Phi) is 7.00. The Morgan fingerprint density at radius 1 is 1.09 bits per heavy atom. The molecule has 3 aromatic carbocycles. The molecular formula is C26H25N3O3S. The van der Waals surface area contributed by atoms with E-state index in [4.69, 9.17) is 21.4 Å². The number of hydrogen-bond donors (Lipinski definition) is 2. The second-order valence-electron chi connectivity index (χ2n) is 7.74. The largest absolute Gasteiger partial charge is 0.484 e. The smallest absolute Gasteiger partial charge is 0.264 e. The van der Waals surface area contributed by atoms with E-state index in [1.54, 1.807) is 12.1 Å². The van der Waals surface area contributed by atoms with Crippen molar-refractivity contribution in [2.24, 2.45) is 0 Å². The van der Waals surface area contributed by atoms with Crippen molar-refractivity contribution in [1.82, 2.24) is 10.3 Å². The van der Waals surface area contributed by atoms with E-state index in [1.807, 2.05) is 48.5 Å². The van der Waals surface area contributed by atoms with E-state index in [0.717, 1.165) is 23.1 Å². The predicted octanol–water partition coefficient (Wildman–Crippen LogP) is 5.90. The number of para-hydroxylation sites is 1. The van der Waals surface area contributed by atoms with Gasteiger partial charge >= 0.3 is 0 Å². The van der Waals surface area contributed by atoms with Crippen LogP contribution in [0, 0.1) is 0 Å². The van der Waals surface area contributed by atoms with Gasteiger partial charge in [-0.15, -0.1) is 0 Å². The highest BCUT2D eigenvalue weighted by Gasteiger charge is 2.12. The number of thiocarbonyl (C=S) groups is 1. The first-order chi connectivity index (χ1) is 16.0. The first-order valence-electron chi connectivity index (χ1n) is 10.8. The molecule has 4 rings (SSSR count). The number of carbonyl (C=O) groups is 1. The number of ether oxygens (including phenoxy) is 1. The molecular weight excluding hydrogens is 434 g/mol. The van der Waals surface area contributed by atoms with Crippen LogP contribution < -0.4 is 15.4 Å². The minimum Gasteiger partial charge on any atom is -0.484 e.